The van der Waals surface area contributed by atoms with Crippen molar-refractivity contribution in [1.82, 2.24) is 4.98 Å². The van der Waals surface area contributed by atoms with Gasteiger partial charge in [0.25, 0.3) is 0 Å². The molecule has 1 aliphatic carbocycles. The van der Waals surface area contributed by atoms with Crippen molar-refractivity contribution in [1.29, 1.82) is 0 Å². The van der Waals surface area contributed by atoms with Crippen LogP contribution in [-0.2, 0) is 16.1 Å². The van der Waals surface area contributed by atoms with Crippen LogP contribution < -0.4 is 4.74 Å². The summed E-state index contributed by atoms with van der Waals surface area (Å²) in [6.07, 6.45) is 16.2. The van der Waals surface area contributed by atoms with E-state index in [0.29, 0.717) is 24.9 Å². The van der Waals surface area contributed by atoms with Gasteiger partial charge in [0.15, 0.2) is 0 Å². The molecule has 3 rings (SSSR count). The largest absolute Gasteiger partial charge is 0.489 e. The third-order valence-electron chi connectivity index (χ3n) is 6.20. The molecule has 1 N–H and O–H groups in total. The van der Waals surface area contributed by atoms with Gasteiger partial charge in [-0.2, -0.15) is 11.8 Å². The van der Waals surface area contributed by atoms with Gasteiger partial charge in [0, 0.05) is 17.3 Å². The van der Waals surface area contributed by atoms with Gasteiger partial charge in [0.05, 0.1) is 12.5 Å². The number of ether oxygens (including phenoxy) is 2. The van der Waals surface area contributed by atoms with Gasteiger partial charge in [-0.05, 0) is 98.4 Å². The Kier molecular flexibility index (Phi) is 13.6. The highest BCUT2D eigenvalue weighted by atomic mass is 32.2. The van der Waals surface area contributed by atoms with Crippen LogP contribution in [0.4, 0.5) is 0 Å². The maximum absolute atomic E-state index is 11.0. The molecule has 1 unspecified atom stereocenters. The van der Waals surface area contributed by atoms with Crippen LogP contribution in [0.2, 0.25) is 0 Å². The van der Waals surface area contributed by atoms with Crippen molar-refractivity contribution in [3.63, 3.8) is 0 Å². The van der Waals surface area contributed by atoms with Gasteiger partial charge >= 0.3 is 5.97 Å². The number of terminal acetylenes is 1. The third kappa shape index (κ3) is 9.95. The van der Waals surface area contributed by atoms with Crippen molar-refractivity contribution in [2.24, 2.45) is 11.8 Å². The fraction of sp³-hybridized carbons (Fsp3) is 0.438. The molecule has 1 aliphatic rings. The summed E-state index contributed by atoms with van der Waals surface area (Å²) < 4.78 is 11.9. The maximum Gasteiger partial charge on any atom is 0.306 e. The molecule has 6 heteroatoms. The first kappa shape index (κ1) is 31.1. The van der Waals surface area contributed by atoms with E-state index >= 15 is 0 Å². The molecular weight excluding hydrogens is 494 g/mol. The first-order chi connectivity index (χ1) is 18.4. The lowest BCUT2D eigenvalue weighted by Gasteiger charge is -2.14. The molecule has 1 aromatic heterocycles. The predicted octanol–water partition coefficient (Wildman–Crippen LogP) is 7.61. The van der Waals surface area contributed by atoms with Gasteiger partial charge in [-0.15, -0.1) is 6.42 Å². The predicted molar refractivity (Wildman–Crippen MR) is 158 cm³/mol. The number of nitrogens with zero attached hydrogens (tertiary/aromatic N) is 1. The smallest absolute Gasteiger partial charge is 0.306 e. The van der Waals surface area contributed by atoms with E-state index in [1.54, 1.807) is 12.2 Å². The Morgan fingerprint density at radius 2 is 2.08 bits per heavy atom. The Morgan fingerprint density at radius 3 is 2.74 bits per heavy atom. The highest BCUT2D eigenvalue weighted by molar-refractivity contribution is 7.98. The minimum Gasteiger partial charge on any atom is -0.489 e. The maximum atomic E-state index is 11.0. The van der Waals surface area contributed by atoms with E-state index in [1.807, 2.05) is 56.8 Å². The van der Waals surface area contributed by atoms with Crippen LogP contribution in [0.1, 0.15) is 56.4 Å². The second-order valence-electron chi connectivity index (χ2n) is 9.05. The van der Waals surface area contributed by atoms with Crippen molar-refractivity contribution in [2.75, 3.05) is 18.6 Å². The second-order valence-corrected chi connectivity index (χ2v) is 10.0. The highest BCUT2D eigenvalue weighted by Crippen LogP contribution is 2.42. The Balaban J connectivity index is 0.00000247. The minimum atomic E-state index is -0.693. The van der Waals surface area contributed by atoms with Crippen molar-refractivity contribution in [3.05, 3.63) is 71.1 Å². The van der Waals surface area contributed by atoms with E-state index in [1.165, 1.54) is 0 Å². The number of allylic oxidation sites excluding steroid dienone is 3. The number of hydrogen-bond donors (Lipinski definition) is 1. The molecule has 0 saturated heterocycles. The van der Waals surface area contributed by atoms with Crippen LogP contribution in [-0.4, -0.2) is 34.7 Å². The summed E-state index contributed by atoms with van der Waals surface area (Å²) in [7, 11) is 0. The van der Waals surface area contributed by atoms with Crippen LogP contribution in [0.3, 0.4) is 0 Å². The molecule has 1 aromatic carbocycles. The molecular formula is C32H41NO4S. The van der Waals surface area contributed by atoms with Crippen LogP contribution in [0.25, 0.3) is 11.1 Å². The number of aliphatic carboxylic acids is 1. The van der Waals surface area contributed by atoms with Crippen LogP contribution in [0, 0.1) is 38.0 Å². The number of pyridine rings is 1. The molecule has 1 fully saturated rings. The lowest BCUT2D eigenvalue weighted by atomic mass is 9.98. The van der Waals surface area contributed by atoms with Crippen molar-refractivity contribution in [3.8, 4) is 29.4 Å². The third-order valence-corrected chi connectivity index (χ3v) is 6.90. The molecule has 2 aromatic rings. The molecule has 0 amide bonds. The SMILES string of the molecule is C#C/C=C\C(=C/CC[C@@H]1CC1C(=O)O)OCc1cccc(-c2c(C)cc(OCCCSC)nc2C)c1.CC. The van der Waals surface area contributed by atoms with E-state index in [4.69, 9.17) is 21.0 Å². The molecule has 5 nitrogen and oxygen atoms in total. The van der Waals surface area contributed by atoms with Crippen molar-refractivity contribution < 1.29 is 19.4 Å². The van der Waals surface area contributed by atoms with E-state index in [2.05, 4.69) is 36.2 Å². The van der Waals surface area contributed by atoms with Gasteiger partial charge in [0.1, 0.15) is 12.4 Å². The number of aromatic nitrogens is 1. The lowest BCUT2D eigenvalue weighted by Crippen LogP contribution is -2.03. The molecule has 2 atom stereocenters. The van der Waals surface area contributed by atoms with E-state index in [9.17, 15) is 4.79 Å². The topological polar surface area (TPSA) is 68.7 Å². The number of thioether (sulfide) groups is 1. The summed E-state index contributed by atoms with van der Waals surface area (Å²) in [5.74, 6) is 4.33. The normalized spacial score (nSPS) is 16.4. The number of carboxylic acid groups (broad SMARTS) is 1. The average Bonchev–Trinajstić information content (AvgIpc) is 3.69. The summed E-state index contributed by atoms with van der Waals surface area (Å²) in [5, 5.41) is 9.08. The number of rotatable bonds is 14. The van der Waals surface area contributed by atoms with Gasteiger partial charge in [0.2, 0.25) is 5.88 Å². The number of carbonyl (C=O) groups is 1. The number of benzene rings is 1. The van der Waals surface area contributed by atoms with Crippen LogP contribution in [0.15, 0.2) is 54.3 Å². The summed E-state index contributed by atoms with van der Waals surface area (Å²) in [4.78, 5) is 15.7. The van der Waals surface area contributed by atoms with Crippen molar-refractivity contribution >= 4 is 17.7 Å². The molecule has 1 saturated carbocycles. The van der Waals surface area contributed by atoms with Crippen LogP contribution in [0.5, 0.6) is 5.88 Å². The zero-order valence-electron chi connectivity index (χ0n) is 23.3. The summed E-state index contributed by atoms with van der Waals surface area (Å²) in [5.41, 5.74) is 5.29. The number of carboxylic acids is 1. The van der Waals surface area contributed by atoms with Gasteiger partial charge in [-0.3, -0.25) is 4.79 Å². The summed E-state index contributed by atoms with van der Waals surface area (Å²) >= 11 is 1.82. The fourth-order valence-electron chi connectivity index (χ4n) is 4.28. The van der Waals surface area contributed by atoms with Crippen molar-refractivity contribution in [2.45, 2.75) is 60.0 Å². The van der Waals surface area contributed by atoms with E-state index in [0.717, 1.165) is 59.4 Å². The molecule has 0 bridgehead atoms. The Labute approximate surface area is 232 Å². The number of hydrogen-bond acceptors (Lipinski definition) is 5. The minimum absolute atomic E-state index is 0.186. The van der Waals surface area contributed by atoms with E-state index < -0.39 is 5.97 Å². The molecule has 0 spiro atoms. The average molecular weight is 536 g/mol. The molecule has 38 heavy (non-hydrogen) atoms. The standard InChI is InChI=1S/C30H35NO4S.C2H6/c1-5-6-13-26(14-8-11-24-19-27(24)30(32)33)35-20-23-10-7-12-25(18-23)29-21(2)17-28(31-22(29)3)34-15-9-16-36-4;1-2/h1,6-7,10,12-14,17-18,24,27H,8-9,11,15-16,19-20H2,2-4H3,(H,32,33);1-2H3/b13-6-,26-14+;/t24-,27?;/m1./s1. The zero-order chi connectivity index (χ0) is 27.9. The molecule has 0 radical (unpaired) electrons. The quantitative estimate of drug-likeness (QED) is 0.116. The summed E-state index contributed by atoms with van der Waals surface area (Å²) in [6, 6.07) is 10.3. The van der Waals surface area contributed by atoms with Gasteiger partial charge in [-0.1, -0.05) is 38.0 Å². The number of aryl methyl sites for hydroxylation is 2. The van der Waals surface area contributed by atoms with Gasteiger partial charge < -0.3 is 14.6 Å². The first-order valence-corrected chi connectivity index (χ1v) is 14.7. The molecule has 1 heterocycles. The molecule has 0 aliphatic heterocycles. The second kappa shape index (κ2) is 16.6. The molecule has 204 valence electrons. The monoisotopic (exact) mass is 535 g/mol. The Bertz CT molecular complexity index is 1130. The Hall–Kier alpha value is -3.17. The fourth-order valence-corrected chi connectivity index (χ4v) is 4.69. The van der Waals surface area contributed by atoms with Gasteiger partial charge in [-0.25, -0.2) is 4.98 Å². The van der Waals surface area contributed by atoms with Crippen LogP contribution >= 0.6 is 11.8 Å². The highest BCUT2D eigenvalue weighted by Gasteiger charge is 2.42. The Morgan fingerprint density at radius 1 is 1.29 bits per heavy atom. The lowest BCUT2D eigenvalue weighted by molar-refractivity contribution is -0.138. The zero-order valence-corrected chi connectivity index (χ0v) is 24.1. The summed E-state index contributed by atoms with van der Waals surface area (Å²) in [6.45, 7) is 9.17. The van der Waals surface area contributed by atoms with E-state index in [-0.39, 0.29) is 11.8 Å². The first-order valence-electron chi connectivity index (χ1n) is 13.3.